The third kappa shape index (κ3) is 4.44. The van der Waals surface area contributed by atoms with Crippen LogP contribution in [0.4, 0.5) is 0 Å². The van der Waals surface area contributed by atoms with Crippen LogP contribution >= 0.6 is 27.3 Å². The van der Waals surface area contributed by atoms with Crippen LogP contribution < -0.4 is 4.72 Å². The summed E-state index contributed by atoms with van der Waals surface area (Å²) < 4.78 is 28.5. The van der Waals surface area contributed by atoms with Gasteiger partial charge in [-0.3, -0.25) is 4.79 Å². The average molecular weight is 438 g/mol. The van der Waals surface area contributed by atoms with E-state index >= 15 is 0 Å². The minimum Gasteiger partial charge on any atom is -0.269 e. The molecule has 0 spiro atoms. The molecule has 0 atom stereocenters. The van der Waals surface area contributed by atoms with Gasteiger partial charge in [0.25, 0.3) is 15.9 Å². The zero-order chi connectivity index (χ0) is 17.9. The minimum absolute atomic E-state index is 0.0676. The van der Waals surface area contributed by atoms with Crippen molar-refractivity contribution in [2.75, 3.05) is 0 Å². The van der Waals surface area contributed by atoms with E-state index in [1.165, 1.54) is 12.1 Å². The molecule has 0 saturated carbocycles. The fourth-order valence-corrected chi connectivity index (χ4v) is 4.93. The van der Waals surface area contributed by atoms with Gasteiger partial charge in [0.2, 0.25) is 0 Å². The molecule has 0 aliphatic rings. The first-order chi connectivity index (χ1) is 11.9. The minimum atomic E-state index is -3.86. The molecule has 0 radical (unpaired) electrons. The molecule has 6 nitrogen and oxygen atoms in total. The quantitative estimate of drug-likeness (QED) is 0.621. The molecule has 1 N–H and O–H groups in total. The second-order valence-corrected chi connectivity index (χ2v) is 9.29. The van der Waals surface area contributed by atoms with E-state index in [0.717, 1.165) is 23.1 Å². The van der Waals surface area contributed by atoms with E-state index in [1.807, 2.05) is 35.1 Å². The summed E-state index contributed by atoms with van der Waals surface area (Å²) >= 11 is 4.22. The van der Waals surface area contributed by atoms with Crippen molar-refractivity contribution in [2.45, 2.75) is 4.21 Å². The summed E-state index contributed by atoms with van der Waals surface area (Å²) in [6.45, 7) is 0. The Morgan fingerprint density at radius 1 is 1.20 bits per heavy atom. The number of aromatic nitrogens is 2. The third-order valence-corrected chi connectivity index (χ3v) is 6.56. The number of thiophene rings is 1. The van der Waals surface area contributed by atoms with Crippen LogP contribution in [0.15, 0.2) is 68.9 Å². The van der Waals surface area contributed by atoms with Crippen molar-refractivity contribution in [3.63, 3.8) is 0 Å². The lowest BCUT2D eigenvalue weighted by atomic mass is 10.3. The Kier molecular flexibility index (Phi) is 5.16. The molecule has 128 valence electrons. The van der Waals surface area contributed by atoms with Crippen LogP contribution in [0.5, 0.6) is 0 Å². The number of para-hydroxylation sites is 1. The number of hydrogen-bond donors (Lipinski definition) is 1. The predicted molar refractivity (Wildman–Crippen MR) is 99.9 cm³/mol. The average Bonchev–Trinajstić information content (AvgIpc) is 3.23. The van der Waals surface area contributed by atoms with Crippen molar-refractivity contribution in [3.05, 3.63) is 70.3 Å². The predicted octanol–water partition coefficient (Wildman–Crippen LogP) is 3.21. The largest absolute Gasteiger partial charge is 0.273 e. The Morgan fingerprint density at radius 2 is 1.96 bits per heavy atom. The molecule has 9 heteroatoms. The smallest absolute Gasteiger partial charge is 0.269 e. The lowest BCUT2D eigenvalue weighted by molar-refractivity contribution is -0.114. The Labute approximate surface area is 157 Å². The highest BCUT2D eigenvalue weighted by Crippen LogP contribution is 2.25. The number of hydrogen-bond acceptors (Lipinski definition) is 5. The molecule has 0 bridgehead atoms. The van der Waals surface area contributed by atoms with Gasteiger partial charge < -0.3 is 0 Å². The van der Waals surface area contributed by atoms with Crippen LogP contribution in [-0.4, -0.2) is 24.1 Å². The van der Waals surface area contributed by atoms with Gasteiger partial charge in [-0.1, -0.05) is 18.2 Å². The number of halogens is 1. The maximum Gasteiger partial charge on any atom is 0.273 e. The molecule has 2 heterocycles. The molecule has 25 heavy (non-hydrogen) atoms. The summed E-state index contributed by atoms with van der Waals surface area (Å²) in [4.78, 5) is 11.9. The standard InChI is InChI=1S/C16H12BrN3O3S2/c17-14-7-9-16(24-14)25(22,23)19-15(21)8-6-12-10-18-20(11-12)13-4-2-1-3-5-13/h1-11H,(H,19,21)/b8-6+. The van der Waals surface area contributed by atoms with Gasteiger partial charge in [-0.25, -0.2) is 17.8 Å². The van der Waals surface area contributed by atoms with Gasteiger partial charge in [0, 0.05) is 17.8 Å². The molecule has 0 fully saturated rings. The van der Waals surface area contributed by atoms with E-state index in [0.29, 0.717) is 9.35 Å². The highest BCUT2D eigenvalue weighted by atomic mass is 79.9. The first-order valence-corrected chi connectivity index (χ1v) is 10.1. The molecule has 0 aliphatic carbocycles. The fraction of sp³-hybridized carbons (Fsp3) is 0. The number of carbonyl (C=O) groups excluding carboxylic acids is 1. The van der Waals surface area contributed by atoms with Crippen molar-refractivity contribution < 1.29 is 13.2 Å². The number of nitrogens with one attached hydrogen (secondary N) is 1. The van der Waals surface area contributed by atoms with Crippen LogP contribution in [0.3, 0.4) is 0 Å². The van der Waals surface area contributed by atoms with E-state index in [4.69, 9.17) is 0 Å². The summed E-state index contributed by atoms with van der Waals surface area (Å²) in [5, 5.41) is 4.20. The van der Waals surface area contributed by atoms with Gasteiger partial charge >= 0.3 is 0 Å². The van der Waals surface area contributed by atoms with E-state index in [-0.39, 0.29) is 4.21 Å². The SMILES string of the molecule is O=C(/C=C/c1cnn(-c2ccccc2)c1)NS(=O)(=O)c1ccc(Br)s1. The summed E-state index contributed by atoms with van der Waals surface area (Å²) in [6, 6.07) is 12.5. The second-order valence-electron chi connectivity index (χ2n) is 4.92. The molecule has 0 saturated heterocycles. The van der Waals surface area contributed by atoms with Gasteiger partial charge in [0.05, 0.1) is 15.7 Å². The highest BCUT2D eigenvalue weighted by molar-refractivity contribution is 9.11. The fourth-order valence-electron chi connectivity index (χ4n) is 1.98. The summed E-state index contributed by atoms with van der Waals surface area (Å²) in [7, 11) is -3.86. The number of amides is 1. The normalized spacial score (nSPS) is 11.7. The molecule has 1 amide bonds. The second kappa shape index (κ2) is 7.34. The first-order valence-electron chi connectivity index (χ1n) is 7.04. The number of benzene rings is 1. The van der Waals surface area contributed by atoms with Crippen molar-refractivity contribution in [1.82, 2.24) is 14.5 Å². The van der Waals surface area contributed by atoms with E-state index in [1.54, 1.807) is 23.1 Å². The van der Waals surface area contributed by atoms with Gasteiger partial charge in [-0.05, 0) is 46.3 Å². The number of sulfonamides is 1. The highest BCUT2D eigenvalue weighted by Gasteiger charge is 2.18. The van der Waals surface area contributed by atoms with Crippen molar-refractivity contribution in [1.29, 1.82) is 0 Å². The lowest BCUT2D eigenvalue weighted by Crippen LogP contribution is -2.28. The Morgan fingerprint density at radius 3 is 2.64 bits per heavy atom. The van der Waals surface area contributed by atoms with Crippen LogP contribution in [-0.2, 0) is 14.8 Å². The molecule has 0 unspecified atom stereocenters. The first kappa shape index (κ1) is 17.6. The van der Waals surface area contributed by atoms with Gasteiger partial charge in [0.1, 0.15) is 4.21 Å². The van der Waals surface area contributed by atoms with Crippen LogP contribution in [0.25, 0.3) is 11.8 Å². The molecule has 1 aromatic carbocycles. The van der Waals surface area contributed by atoms with E-state index < -0.39 is 15.9 Å². The molecule has 3 rings (SSSR count). The zero-order valence-corrected chi connectivity index (χ0v) is 15.9. The summed E-state index contributed by atoms with van der Waals surface area (Å²) in [6.07, 6.45) is 5.99. The van der Waals surface area contributed by atoms with E-state index in [2.05, 4.69) is 21.0 Å². The van der Waals surface area contributed by atoms with Crippen LogP contribution in [0.1, 0.15) is 5.56 Å². The third-order valence-electron chi connectivity index (χ3n) is 3.10. The maximum absolute atomic E-state index is 12.1. The molecule has 2 aromatic heterocycles. The number of rotatable bonds is 5. The van der Waals surface area contributed by atoms with Gasteiger partial charge in [0.15, 0.2) is 0 Å². The zero-order valence-electron chi connectivity index (χ0n) is 12.7. The van der Waals surface area contributed by atoms with Gasteiger partial charge in [-0.15, -0.1) is 11.3 Å². The summed E-state index contributed by atoms with van der Waals surface area (Å²) in [5.41, 5.74) is 1.56. The van der Waals surface area contributed by atoms with Crippen molar-refractivity contribution in [3.8, 4) is 5.69 Å². The maximum atomic E-state index is 12.1. The molecular weight excluding hydrogens is 426 g/mol. The Balaban J connectivity index is 1.68. The Hall–Kier alpha value is -2.23. The topological polar surface area (TPSA) is 81.1 Å². The molecular formula is C16H12BrN3O3S2. The van der Waals surface area contributed by atoms with Crippen LogP contribution in [0, 0.1) is 0 Å². The number of carbonyl (C=O) groups is 1. The van der Waals surface area contributed by atoms with Gasteiger partial charge in [-0.2, -0.15) is 5.10 Å². The molecule has 3 aromatic rings. The lowest BCUT2D eigenvalue weighted by Gasteiger charge is -2.01. The monoisotopic (exact) mass is 437 g/mol. The Bertz CT molecular complexity index is 1020. The molecule has 0 aliphatic heterocycles. The summed E-state index contributed by atoms with van der Waals surface area (Å²) in [5.74, 6) is -0.725. The number of nitrogens with zero attached hydrogens (tertiary/aromatic N) is 2. The van der Waals surface area contributed by atoms with E-state index in [9.17, 15) is 13.2 Å². The van der Waals surface area contributed by atoms with Crippen molar-refractivity contribution >= 4 is 49.3 Å². The van der Waals surface area contributed by atoms with Crippen LogP contribution in [0.2, 0.25) is 0 Å². The van der Waals surface area contributed by atoms with Crippen molar-refractivity contribution in [2.24, 2.45) is 0 Å².